The molecule has 0 aliphatic heterocycles. The van der Waals surface area contributed by atoms with Gasteiger partial charge in [0.25, 0.3) is 9.70 Å². The van der Waals surface area contributed by atoms with Crippen LogP contribution in [0.15, 0.2) is 54.6 Å². The van der Waals surface area contributed by atoms with Crippen molar-refractivity contribution >= 4 is 52.2 Å². The summed E-state index contributed by atoms with van der Waals surface area (Å²) in [5.41, 5.74) is 0.901. The van der Waals surface area contributed by atoms with E-state index in [-0.39, 0.29) is 11.5 Å². The van der Waals surface area contributed by atoms with Gasteiger partial charge in [0, 0.05) is 11.1 Å². The van der Waals surface area contributed by atoms with E-state index in [0.717, 1.165) is 0 Å². The summed E-state index contributed by atoms with van der Waals surface area (Å²) in [5, 5.41) is 2.64. The lowest BCUT2D eigenvalue weighted by Crippen LogP contribution is -2.22. The van der Waals surface area contributed by atoms with Crippen molar-refractivity contribution in [3.63, 3.8) is 0 Å². The van der Waals surface area contributed by atoms with Gasteiger partial charge >= 0.3 is 0 Å². The number of carbonyl (C=O) groups is 2. The fraction of sp³-hybridized carbons (Fsp3) is 0.0667. The number of rotatable bonds is 3. The summed E-state index contributed by atoms with van der Waals surface area (Å²) in [6.45, 7) is 0. The highest BCUT2D eigenvalue weighted by Crippen LogP contribution is 2.33. The van der Waals surface area contributed by atoms with Gasteiger partial charge in [0.2, 0.25) is 5.78 Å². The number of hydrogen-bond donors (Lipinski definition) is 1. The second-order valence-corrected chi connectivity index (χ2v) is 6.47. The van der Waals surface area contributed by atoms with Gasteiger partial charge in [-0.25, -0.2) is 0 Å². The van der Waals surface area contributed by atoms with Gasteiger partial charge in [-0.3, -0.25) is 9.59 Å². The number of halogens is 3. The molecule has 2 aromatic rings. The third-order valence-corrected chi connectivity index (χ3v) is 3.23. The molecular weight excluding hydrogens is 333 g/mol. The molecule has 0 unspecified atom stereocenters. The van der Waals surface area contributed by atoms with E-state index in [1.807, 2.05) is 0 Å². The Hall–Kier alpha value is -1.55. The Morgan fingerprint density at radius 1 is 0.857 bits per heavy atom. The number of benzene rings is 2. The summed E-state index contributed by atoms with van der Waals surface area (Å²) in [6, 6.07) is 15.0. The minimum absolute atomic E-state index is 0.141. The monoisotopic (exact) mass is 341 g/mol. The summed E-state index contributed by atoms with van der Waals surface area (Å²) in [6.07, 6.45) is 0. The summed E-state index contributed by atoms with van der Waals surface area (Å²) in [5.74, 6) is -1.04. The molecule has 3 nitrogen and oxygen atoms in total. The highest BCUT2D eigenvalue weighted by Gasteiger charge is 2.33. The average Bonchev–Trinajstić information content (AvgIpc) is 2.47. The molecule has 1 amide bonds. The zero-order valence-corrected chi connectivity index (χ0v) is 12.9. The molecular formula is C15H10Cl3NO2. The maximum atomic E-state index is 12.1. The lowest BCUT2D eigenvalue weighted by molar-refractivity contribution is 0.0997. The quantitative estimate of drug-likeness (QED) is 0.660. The van der Waals surface area contributed by atoms with Gasteiger partial charge in [0.15, 0.2) is 0 Å². The number of hydrogen-bond acceptors (Lipinski definition) is 2. The van der Waals surface area contributed by atoms with Gasteiger partial charge in [-0.2, -0.15) is 0 Å². The number of Topliss-reactive ketones (excluding diaryl/α,β-unsaturated/α-hetero) is 1. The molecule has 2 aromatic carbocycles. The van der Waals surface area contributed by atoms with Crippen LogP contribution in [-0.2, 0) is 0 Å². The maximum Gasteiger partial charge on any atom is 0.255 e. The Bertz CT molecular complexity index is 666. The van der Waals surface area contributed by atoms with Crippen molar-refractivity contribution in [3.05, 3.63) is 65.7 Å². The minimum Gasteiger partial charge on any atom is -0.321 e. The molecule has 0 radical (unpaired) electrons. The Morgan fingerprint density at radius 3 is 2.05 bits per heavy atom. The van der Waals surface area contributed by atoms with Crippen LogP contribution in [0.4, 0.5) is 5.69 Å². The first-order valence-electron chi connectivity index (χ1n) is 5.96. The molecule has 0 bridgehead atoms. The number of carbonyl (C=O) groups excluding carboxylic acids is 2. The molecule has 21 heavy (non-hydrogen) atoms. The van der Waals surface area contributed by atoms with Gasteiger partial charge in [-0.15, -0.1) is 0 Å². The molecule has 0 saturated heterocycles. The normalized spacial score (nSPS) is 11.0. The van der Waals surface area contributed by atoms with Crippen LogP contribution in [0.2, 0.25) is 0 Å². The second kappa shape index (κ2) is 6.48. The maximum absolute atomic E-state index is 12.1. The zero-order chi connectivity index (χ0) is 15.5. The van der Waals surface area contributed by atoms with Crippen molar-refractivity contribution in [2.24, 2.45) is 0 Å². The Morgan fingerprint density at radius 2 is 1.43 bits per heavy atom. The number of amides is 1. The van der Waals surface area contributed by atoms with Crippen LogP contribution in [0.1, 0.15) is 20.7 Å². The number of nitrogens with one attached hydrogen (secondary N) is 1. The molecule has 0 aromatic heterocycles. The van der Waals surface area contributed by atoms with Crippen molar-refractivity contribution in [1.29, 1.82) is 0 Å². The Balaban J connectivity index is 2.30. The zero-order valence-electron chi connectivity index (χ0n) is 10.6. The van der Waals surface area contributed by atoms with E-state index in [4.69, 9.17) is 34.8 Å². The largest absolute Gasteiger partial charge is 0.321 e. The third-order valence-electron chi connectivity index (χ3n) is 2.71. The number of anilines is 1. The Labute approximate surface area is 136 Å². The first kappa shape index (κ1) is 15.8. The smallest absolute Gasteiger partial charge is 0.255 e. The van der Waals surface area contributed by atoms with Crippen molar-refractivity contribution in [2.75, 3.05) is 5.32 Å². The van der Waals surface area contributed by atoms with Crippen LogP contribution >= 0.6 is 34.8 Å². The van der Waals surface area contributed by atoms with Gasteiger partial charge in [0.1, 0.15) is 0 Å². The van der Waals surface area contributed by atoms with Crippen molar-refractivity contribution in [2.45, 2.75) is 3.79 Å². The molecule has 0 aliphatic rings. The molecule has 0 aliphatic carbocycles. The van der Waals surface area contributed by atoms with E-state index >= 15 is 0 Å². The van der Waals surface area contributed by atoms with E-state index in [0.29, 0.717) is 11.3 Å². The minimum atomic E-state index is -2.08. The molecule has 0 atom stereocenters. The van der Waals surface area contributed by atoms with Gasteiger partial charge in [0.05, 0.1) is 5.69 Å². The summed E-state index contributed by atoms with van der Waals surface area (Å²) in [7, 11) is 0. The number of alkyl halides is 3. The predicted octanol–water partition coefficient (Wildman–Crippen LogP) is 4.49. The number of para-hydroxylation sites is 1. The molecule has 0 heterocycles. The van der Waals surface area contributed by atoms with Crippen LogP contribution in [0.25, 0.3) is 0 Å². The van der Waals surface area contributed by atoms with Crippen molar-refractivity contribution in [3.8, 4) is 0 Å². The first-order chi connectivity index (χ1) is 9.89. The SMILES string of the molecule is O=C(Nc1ccccc1C(=O)C(Cl)(Cl)Cl)c1ccccc1. The lowest BCUT2D eigenvalue weighted by atomic mass is 10.1. The van der Waals surface area contributed by atoms with Gasteiger partial charge < -0.3 is 5.32 Å². The molecule has 0 fully saturated rings. The van der Waals surface area contributed by atoms with Crippen LogP contribution in [0.3, 0.4) is 0 Å². The average molecular weight is 343 g/mol. The van der Waals surface area contributed by atoms with E-state index in [9.17, 15) is 9.59 Å². The summed E-state index contributed by atoms with van der Waals surface area (Å²) >= 11 is 16.8. The van der Waals surface area contributed by atoms with Crippen molar-refractivity contribution in [1.82, 2.24) is 0 Å². The van der Waals surface area contributed by atoms with E-state index in [1.165, 1.54) is 6.07 Å². The molecule has 108 valence electrons. The van der Waals surface area contributed by atoms with E-state index < -0.39 is 9.58 Å². The summed E-state index contributed by atoms with van der Waals surface area (Å²) < 4.78 is -2.08. The van der Waals surface area contributed by atoms with Crippen LogP contribution in [0, 0.1) is 0 Å². The predicted molar refractivity (Wildman–Crippen MR) is 85.5 cm³/mol. The van der Waals surface area contributed by atoms with Crippen molar-refractivity contribution < 1.29 is 9.59 Å². The van der Waals surface area contributed by atoms with Crippen LogP contribution < -0.4 is 5.32 Å². The highest BCUT2D eigenvalue weighted by molar-refractivity contribution is 6.77. The standard InChI is InChI=1S/C15H10Cl3NO2/c16-15(17,18)13(20)11-8-4-5-9-12(11)19-14(21)10-6-2-1-3-7-10/h1-9H,(H,19,21). The van der Waals surface area contributed by atoms with Gasteiger partial charge in [-0.05, 0) is 24.3 Å². The molecule has 1 N–H and O–H groups in total. The first-order valence-corrected chi connectivity index (χ1v) is 7.10. The molecule has 0 saturated carbocycles. The molecule has 2 rings (SSSR count). The highest BCUT2D eigenvalue weighted by atomic mass is 35.6. The van der Waals surface area contributed by atoms with Gasteiger partial charge in [-0.1, -0.05) is 65.1 Å². The van der Waals surface area contributed by atoms with E-state index in [1.54, 1.807) is 48.5 Å². The molecule has 6 heteroatoms. The summed E-state index contributed by atoms with van der Waals surface area (Å²) in [4.78, 5) is 24.2. The lowest BCUT2D eigenvalue weighted by Gasteiger charge is -2.14. The fourth-order valence-corrected chi connectivity index (χ4v) is 2.03. The Kier molecular flexibility index (Phi) is 4.88. The van der Waals surface area contributed by atoms with Crippen LogP contribution in [0.5, 0.6) is 0 Å². The fourth-order valence-electron chi connectivity index (χ4n) is 1.73. The molecule has 0 spiro atoms. The third kappa shape index (κ3) is 3.97. The topological polar surface area (TPSA) is 46.2 Å². The second-order valence-electron chi connectivity index (χ2n) is 4.19. The van der Waals surface area contributed by atoms with E-state index in [2.05, 4.69) is 5.32 Å². The van der Waals surface area contributed by atoms with Crippen LogP contribution in [-0.4, -0.2) is 15.5 Å². The number of ketones is 1.